The van der Waals surface area contributed by atoms with E-state index < -0.39 is 22.5 Å². The molecule has 27 heavy (non-hydrogen) atoms. The number of ether oxygens (including phenoxy) is 1. The van der Waals surface area contributed by atoms with Crippen molar-refractivity contribution < 1.29 is 22.7 Å². The summed E-state index contributed by atoms with van der Waals surface area (Å²) in [6, 6.07) is 11.9. The van der Waals surface area contributed by atoms with E-state index in [1.54, 1.807) is 12.1 Å². The van der Waals surface area contributed by atoms with Crippen molar-refractivity contribution in [2.75, 3.05) is 22.8 Å². The lowest BCUT2D eigenvalue weighted by molar-refractivity contribution is -0.116. The molecule has 0 aliphatic rings. The minimum absolute atomic E-state index is 0.0354. The van der Waals surface area contributed by atoms with E-state index in [2.05, 4.69) is 5.32 Å². The van der Waals surface area contributed by atoms with Crippen molar-refractivity contribution in [2.45, 2.75) is 18.7 Å². The lowest BCUT2D eigenvalue weighted by Gasteiger charge is -2.23. The number of benzene rings is 2. The zero-order valence-corrected chi connectivity index (χ0v) is 15.8. The number of nitrogens with one attached hydrogen (secondary N) is 1. The van der Waals surface area contributed by atoms with E-state index in [-0.39, 0.29) is 16.5 Å². The maximum absolute atomic E-state index is 13.0. The van der Waals surface area contributed by atoms with E-state index >= 15 is 0 Å². The highest BCUT2D eigenvalue weighted by Gasteiger charge is 2.26. The maximum atomic E-state index is 13.0. The van der Waals surface area contributed by atoms with Gasteiger partial charge in [0.25, 0.3) is 10.0 Å². The molecule has 8 nitrogen and oxygen atoms in total. The Balaban J connectivity index is 2.38. The third-order valence-corrected chi connectivity index (χ3v) is 5.29. The molecule has 2 rings (SSSR count). The molecule has 0 heterocycles. The molecule has 0 saturated carbocycles. The van der Waals surface area contributed by atoms with E-state index in [9.17, 15) is 18.0 Å². The average Bonchev–Trinajstić information content (AvgIpc) is 2.60. The Morgan fingerprint density at radius 3 is 2.15 bits per heavy atom. The van der Waals surface area contributed by atoms with Gasteiger partial charge in [-0.25, -0.2) is 8.42 Å². The van der Waals surface area contributed by atoms with Crippen LogP contribution in [-0.2, 0) is 19.6 Å². The second-order valence-corrected chi connectivity index (χ2v) is 7.47. The lowest BCUT2D eigenvalue weighted by Crippen LogP contribution is -2.38. The Hall–Kier alpha value is -3.07. The van der Waals surface area contributed by atoms with Crippen molar-refractivity contribution in [2.24, 2.45) is 5.73 Å². The molecule has 2 aromatic rings. The zero-order chi connectivity index (χ0) is 20.0. The number of nitrogens with two attached hydrogens (primary N) is 1. The van der Waals surface area contributed by atoms with Crippen LogP contribution in [0.15, 0.2) is 53.4 Å². The van der Waals surface area contributed by atoms with Crippen LogP contribution >= 0.6 is 0 Å². The number of primary amides is 1. The first-order valence-electron chi connectivity index (χ1n) is 8.15. The highest BCUT2D eigenvalue weighted by atomic mass is 32.2. The number of hydrogen-bond donors (Lipinski definition) is 2. The van der Waals surface area contributed by atoms with Crippen LogP contribution in [0.4, 0.5) is 11.4 Å². The number of nitrogens with zero attached hydrogens (tertiary/aromatic N) is 1. The van der Waals surface area contributed by atoms with Gasteiger partial charge < -0.3 is 15.8 Å². The first kappa shape index (κ1) is 20.2. The van der Waals surface area contributed by atoms with Gasteiger partial charge in [0, 0.05) is 12.6 Å². The standard InChI is InChI=1S/C18H21N3O5S/c1-3-26-16-8-6-15(7-9-16)21(12-18(19)23)27(24,25)17-10-4-14(5-11-17)20-13(2)22/h4-11H,3,12H2,1-2H3,(H2,19,23)(H,20,22). The predicted molar refractivity (Wildman–Crippen MR) is 102 cm³/mol. The second-order valence-electron chi connectivity index (χ2n) is 5.61. The number of anilines is 2. The van der Waals surface area contributed by atoms with Crippen molar-refractivity contribution in [3.8, 4) is 5.75 Å². The van der Waals surface area contributed by atoms with Crippen LogP contribution in [0, 0.1) is 0 Å². The number of hydrogen-bond acceptors (Lipinski definition) is 5. The van der Waals surface area contributed by atoms with Crippen molar-refractivity contribution >= 4 is 33.2 Å². The van der Waals surface area contributed by atoms with Crippen LogP contribution in [0.1, 0.15) is 13.8 Å². The van der Waals surface area contributed by atoms with Crippen LogP contribution in [0.2, 0.25) is 0 Å². The summed E-state index contributed by atoms with van der Waals surface area (Å²) in [5.74, 6) is -0.477. The van der Waals surface area contributed by atoms with E-state index in [0.717, 1.165) is 4.31 Å². The van der Waals surface area contributed by atoms with Gasteiger partial charge in [0.15, 0.2) is 0 Å². The van der Waals surface area contributed by atoms with E-state index in [4.69, 9.17) is 10.5 Å². The number of amides is 2. The van der Waals surface area contributed by atoms with Gasteiger partial charge in [0.05, 0.1) is 17.2 Å². The first-order chi connectivity index (χ1) is 12.7. The number of rotatable bonds is 8. The first-order valence-corrected chi connectivity index (χ1v) is 9.59. The van der Waals surface area contributed by atoms with E-state index in [1.165, 1.54) is 43.3 Å². The molecule has 2 aromatic carbocycles. The van der Waals surface area contributed by atoms with Gasteiger partial charge in [-0.3, -0.25) is 13.9 Å². The fourth-order valence-corrected chi connectivity index (χ4v) is 3.80. The second kappa shape index (κ2) is 8.54. The molecule has 0 atom stereocenters. The fraction of sp³-hybridized carbons (Fsp3) is 0.222. The number of carbonyl (C=O) groups is 2. The van der Waals surface area contributed by atoms with Crippen LogP contribution in [0.5, 0.6) is 5.75 Å². The minimum atomic E-state index is -4.04. The molecule has 144 valence electrons. The van der Waals surface area contributed by atoms with Crippen molar-refractivity contribution in [1.82, 2.24) is 0 Å². The van der Waals surface area contributed by atoms with Crippen LogP contribution in [0.25, 0.3) is 0 Å². The van der Waals surface area contributed by atoms with Gasteiger partial charge in [-0.1, -0.05) is 0 Å². The Labute approximate surface area is 158 Å². The summed E-state index contributed by atoms with van der Waals surface area (Å²) < 4.78 is 32.3. The molecule has 0 aromatic heterocycles. The summed E-state index contributed by atoms with van der Waals surface area (Å²) in [6.07, 6.45) is 0. The van der Waals surface area contributed by atoms with Gasteiger partial charge in [-0.05, 0) is 55.5 Å². The third-order valence-electron chi connectivity index (χ3n) is 3.50. The molecule has 3 N–H and O–H groups in total. The summed E-state index contributed by atoms with van der Waals surface area (Å²) in [6.45, 7) is 3.15. The molecule has 2 amide bonds. The van der Waals surface area contributed by atoms with E-state index in [0.29, 0.717) is 18.0 Å². The Kier molecular flexibility index (Phi) is 6.40. The van der Waals surface area contributed by atoms with Crippen molar-refractivity contribution in [3.63, 3.8) is 0 Å². The summed E-state index contributed by atoms with van der Waals surface area (Å²) >= 11 is 0. The fourth-order valence-electron chi connectivity index (χ4n) is 2.37. The lowest BCUT2D eigenvalue weighted by atomic mass is 10.3. The molecule has 0 fully saturated rings. The number of carbonyl (C=O) groups excluding carboxylic acids is 2. The maximum Gasteiger partial charge on any atom is 0.264 e. The molecule has 0 aliphatic heterocycles. The minimum Gasteiger partial charge on any atom is -0.494 e. The van der Waals surface area contributed by atoms with Gasteiger partial charge in [0.2, 0.25) is 11.8 Å². The highest BCUT2D eigenvalue weighted by molar-refractivity contribution is 7.92. The highest BCUT2D eigenvalue weighted by Crippen LogP contribution is 2.26. The predicted octanol–water partition coefficient (Wildman–Crippen LogP) is 1.72. The zero-order valence-electron chi connectivity index (χ0n) is 15.0. The quantitative estimate of drug-likeness (QED) is 0.710. The SMILES string of the molecule is CCOc1ccc(N(CC(N)=O)S(=O)(=O)c2ccc(NC(C)=O)cc2)cc1. The van der Waals surface area contributed by atoms with Crippen LogP contribution < -0.4 is 20.1 Å². The van der Waals surface area contributed by atoms with Gasteiger partial charge in [-0.2, -0.15) is 0 Å². The third kappa shape index (κ3) is 5.20. The van der Waals surface area contributed by atoms with Gasteiger partial charge in [0.1, 0.15) is 12.3 Å². The van der Waals surface area contributed by atoms with Crippen LogP contribution in [-0.4, -0.2) is 33.4 Å². The van der Waals surface area contributed by atoms with E-state index in [1.807, 2.05) is 6.92 Å². The summed E-state index contributed by atoms with van der Waals surface area (Å²) in [4.78, 5) is 22.5. The Bertz CT molecular complexity index is 909. The summed E-state index contributed by atoms with van der Waals surface area (Å²) in [5.41, 5.74) is 5.99. The molecule has 0 bridgehead atoms. The molecule has 0 radical (unpaired) electrons. The van der Waals surface area contributed by atoms with Crippen molar-refractivity contribution in [1.29, 1.82) is 0 Å². The Morgan fingerprint density at radius 1 is 1.07 bits per heavy atom. The smallest absolute Gasteiger partial charge is 0.264 e. The molecular weight excluding hydrogens is 370 g/mol. The average molecular weight is 391 g/mol. The molecule has 0 aliphatic carbocycles. The molecule has 9 heteroatoms. The molecule has 0 spiro atoms. The molecule has 0 saturated heterocycles. The topological polar surface area (TPSA) is 119 Å². The van der Waals surface area contributed by atoms with Gasteiger partial charge in [-0.15, -0.1) is 0 Å². The molecule has 0 unspecified atom stereocenters. The summed E-state index contributed by atoms with van der Waals surface area (Å²) in [5, 5.41) is 2.56. The largest absolute Gasteiger partial charge is 0.494 e. The molecular formula is C18H21N3O5S. The van der Waals surface area contributed by atoms with Gasteiger partial charge >= 0.3 is 0 Å². The van der Waals surface area contributed by atoms with Crippen LogP contribution in [0.3, 0.4) is 0 Å². The number of sulfonamides is 1. The summed E-state index contributed by atoms with van der Waals surface area (Å²) in [7, 11) is -4.04. The van der Waals surface area contributed by atoms with Crippen molar-refractivity contribution in [3.05, 3.63) is 48.5 Å². The Morgan fingerprint density at radius 2 is 1.67 bits per heavy atom. The normalized spacial score (nSPS) is 10.9. The monoisotopic (exact) mass is 391 g/mol.